The van der Waals surface area contributed by atoms with Gasteiger partial charge in [0, 0.05) is 0 Å². The topological polar surface area (TPSA) is 26.3 Å². The van der Waals surface area contributed by atoms with E-state index in [2.05, 4.69) is 65.8 Å². The Morgan fingerprint density at radius 2 is 1.84 bits per heavy atom. The first-order chi connectivity index (χ1) is 11.7. The van der Waals surface area contributed by atoms with E-state index in [0.717, 1.165) is 6.42 Å². The fourth-order valence-corrected chi connectivity index (χ4v) is 6.21. The number of carbonyl (C=O) groups is 1. The molecule has 0 radical (unpaired) electrons. The lowest BCUT2D eigenvalue weighted by molar-refractivity contribution is -0.152. The largest absolute Gasteiger partial charge is 0.462 e. The highest BCUT2D eigenvalue weighted by Gasteiger charge is 2.35. The molecule has 2 rings (SSSR count). The Morgan fingerprint density at radius 3 is 2.40 bits per heavy atom. The Hall–Kier alpha value is -0.880. The van der Waals surface area contributed by atoms with Crippen molar-refractivity contribution in [2.75, 3.05) is 6.16 Å². The standard InChI is InChI=1S/C22H35O2P/c1-16(2)19-13-12-17(3)14-20(19)24-21(23)15-25(22(4,5)6)18-10-8-7-9-11-18/h7-11,16-17,19-20H,12-15H2,1-6H3/t17-,19+,20-,25?/m1/s1. The van der Waals surface area contributed by atoms with Crippen LogP contribution in [0, 0.1) is 17.8 Å². The van der Waals surface area contributed by atoms with Gasteiger partial charge in [0.1, 0.15) is 6.10 Å². The van der Waals surface area contributed by atoms with E-state index in [1.807, 2.05) is 6.07 Å². The molecule has 1 fully saturated rings. The Morgan fingerprint density at radius 1 is 1.20 bits per heavy atom. The maximum Gasteiger partial charge on any atom is 0.310 e. The van der Waals surface area contributed by atoms with Crippen LogP contribution in [0.4, 0.5) is 0 Å². The summed E-state index contributed by atoms with van der Waals surface area (Å²) in [6.07, 6.45) is 4.09. The van der Waals surface area contributed by atoms with Crippen LogP contribution in [0.25, 0.3) is 0 Å². The van der Waals surface area contributed by atoms with Crippen LogP contribution in [0.1, 0.15) is 60.8 Å². The van der Waals surface area contributed by atoms with E-state index < -0.39 is 7.92 Å². The maximum atomic E-state index is 12.8. The van der Waals surface area contributed by atoms with Crippen LogP contribution in [0.15, 0.2) is 30.3 Å². The van der Waals surface area contributed by atoms with E-state index in [-0.39, 0.29) is 17.2 Å². The van der Waals surface area contributed by atoms with Gasteiger partial charge in [0.15, 0.2) is 0 Å². The van der Waals surface area contributed by atoms with Crippen LogP contribution in [-0.4, -0.2) is 23.4 Å². The number of carbonyl (C=O) groups excluding carboxylic acids is 1. The third kappa shape index (κ3) is 5.81. The summed E-state index contributed by atoms with van der Waals surface area (Å²) in [4.78, 5) is 12.8. The quantitative estimate of drug-likeness (QED) is 0.504. The summed E-state index contributed by atoms with van der Waals surface area (Å²) < 4.78 is 6.06. The van der Waals surface area contributed by atoms with Crippen molar-refractivity contribution in [3.05, 3.63) is 30.3 Å². The Kier molecular flexibility index (Phi) is 7.09. The number of hydrogen-bond acceptors (Lipinski definition) is 2. The highest BCUT2D eigenvalue weighted by molar-refractivity contribution is 7.67. The monoisotopic (exact) mass is 362 g/mol. The first-order valence-electron chi connectivity index (χ1n) is 9.70. The average molecular weight is 362 g/mol. The molecule has 0 heterocycles. The van der Waals surface area contributed by atoms with Gasteiger partial charge in [-0.1, -0.05) is 86.2 Å². The summed E-state index contributed by atoms with van der Waals surface area (Å²) in [5, 5.41) is 1.38. The van der Waals surface area contributed by atoms with Crippen LogP contribution in [0.3, 0.4) is 0 Å². The minimum Gasteiger partial charge on any atom is -0.462 e. The summed E-state index contributed by atoms with van der Waals surface area (Å²) >= 11 is 0. The van der Waals surface area contributed by atoms with Crippen molar-refractivity contribution in [1.82, 2.24) is 0 Å². The lowest BCUT2D eigenvalue weighted by Crippen LogP contribution is -2.37. The normalized spacial score (nSPS) is 25.6. The van der Waals surface area contributed by atoms with E-state index in [1.54, 1.807) is 0 Å². The van der Waals surface area contributed by atoms with Gasteiger partial charge in [0.25, 0.3) is 0 Å². The second-order valence-corrected chi connectivity index (χ2v) is 12.0. The van der Waals surface area contributed by atoms with Gasteiger partial charge in [0.05, 0.1) is 6.16 Å². The summed E-state index contributed by atoms with van der Waals surface area (Å²) in [7, 11) is -0.578. The molecule has 1 saturated carbocycles. The van der Waals surface area contributed by atoms with Crippen molar-refractivity contribution in [3.63, 3.8) is 0 Å². The number of rotatable bonds is 5. The molecular formula is C22H35O2P. The van der Waals surface area contributed by atoms with Gasteiger partial charge in [-0.25, -0.2) is 0 Å². The molecule has 0 saturated heterocycles. The molecular weight excluding hydrogens is 327 g/mol. The molecule has 0 spiro atoms. The van der Waals surface area contributed by atoms with Crippen LogP contribution in [-0.2, 0) is 9.53 Å². The third-order valence-corrected chi connectivity index (χ3v) is 8.52. The Balaban J connectivity index is 2.08. The van der Waals surface area contributed by atoms with Crippen molar-refractivity contribution < 1.29 is 9.53 Å². The molecule has 1 aliphatic rings. The molecule has 1 aromatic rings. The molecule has 2 nitrogen and oxygen atoms in total. The van der Waals surface area contributed by atoms with Crippen LogP contribution < -0.4 is 5.30 Å². The van der Waals surface area contributed by atoms with Gasteiger partial charge in [-0.2, -0.15) is 0 Å². The third-order valence-electron chi connectivity index (χ3n) is 5.41. The zero-order chi connectivity index (χ0) is 18.6. The molecule has 0 N–H and O–H groups in total. The lowest BCUT2D eigenvalue weighted by atomic mass is 9.75. The van der Waals surface area contributed by atoms with Gasteiger partial charge < -0.3 is 4.74 Å². The number of benzene rings is 1. The first kappa shape index (κ1) is 20.4. The summed E-state index contributed by atoms with van der Waals surface area (Å²) in [6.45, 7) is 13.5. The molecule has 25 heavy (non-hydrogen) atoms. The lowest BCUT2D eigenvalue weighted by Gasteiger charge is -2.37. The van der Waals surface area contributed by atoms with Crippen molar-refractivity contribution >= 4 is 19.2 Å². The Labute approximate surface area is 155 Å². The van der Waals surface area contributed by atoms with Crippen molar-refractivity contribution in [3.8, 4) is 0 Å². The first-order valence-corrected chi connectivity index (χ1v) is 11.2. The fraction of sp³-hybridized carbons (Fsp3) is 0.682. The molecule has 1 aromatic carbocycles. The molecule has 4 atom stereocenters. The fourth-order valence-electron chi connectivity index (χ4n) is 3.91. The molecule has 1 unspecified atom stereocenters. The molecule has 3 heteroatoms. The number of ether oxygens (including phenoxy) is 1. The molecule has 0 aromatic heterocycles. The van der Waals surface area contributed by atoms with Crippen molar-refractivity contribution in [1.29, 1.82) is 0 Å². The minimum atomic E-state index is -0.578. The molecule has 0 bridgehead atoms. The Bertz CT molecular complexity index is 547. The van der Waals surface area contributed by atoms with Crippen molar-refractivity contribution in [2.45, 2.75) is 72.1 Å². The van der Waals surface area contributed by atoms with Crippen LogP contribution in [0.5, 0.6) is 0 Å². The highest BCUT2D eigenvalue weighted by Crippen LogP contribution is 2.48. The van der Waals surface area contributed by atoms with Gasteiger partial charge in [-0.05, 0) is 41.1 Å². The molecule has 1 aliphatic carbocycles. The summed E-state index contributed by atoms with van der Waals surface area (Å²) in [6, 6.07) is 10.5. The summed E-state index contributed by atoms with van der Waals surface area (Å²) in [5.41, 5.74) is 0. The van der Waals surface area contributed by atoms with E-state index in [4.69, 9.17) is 4.74 Å². The highest BCUT2D eigenvalue weighted by atomic mass is 31.1. The SMILES string of the molecule is CC(C)[C@@H]1CC[C@@H](C)C[C@H]1OC(=O)CP(c1ccccc1)C(C)(C)C. The maximum absolute atomic E-state index is 12.8. The second-order valence-electron chi connectivity index (χ2n) is 8.95. The predicted molar refractivity (Wildman–Crippen MR) is 109 cm³/mol. The summed E-state index contributed by atoms with van der Waals surface area (Å²) in [5.74, 6) is 1.74. The minimum absolute atomic E-state index is 0.00496. The number of esters is 1. The van der Waals surface area contributed by atoms with Gasteiger partial charge in [-0.3, -0.25) is 4.79 Å². The van der Waals surface area contributed by atoms with Crippen molar-refractivity contribution in [2.24, 2.45) is 17.8 Å². The van der Waals surface area contributed by atoms with Gasteiger partial charge in [0.2, 0.25) is 0 Å². The van der Waals surface area contributed by atoms with E-state index >= 15 is 0 Å². The molecule has 0 aliphatic heterocycles. The number of hydrogen-bond donors (Lipinski definition) is 0. The zero-order valence-corrected chi connectivity index (χ0v) is 17.7. The van der Waals surface area contributed by atoms with Gasteiger partial charge >= 0.3 is 5.97 Å². The van der Waals surface area contributed by atoms with E-state index in [9.17, 15) is 4.79 Å². The molecule has 140 valence electrons. The van der Waals surface area contributed by atoms with Crippen LogP contribution in [0.2, 0.25) is 0 Å². The van der Waals surface area contributed by atoms with Gasteiger partial charge in [-0.15, -0.1) is 0 Å². The second kappa shape index (κ2) is 8.67. The van der Waals surface area contributed by atoms with E-state index in [1.165, 1.54) is 18.1 Å². The zero-order valence-electron chi connectivity index (χ0n) is 16.8. The van der Waals surface area contributed by atoms with Crippen LogP contribution >= 0.6 is 7.92 Å². The molecule has 0 amide bonds. The smallest absolute Gasteiger partial charge is 0.310 e. The predicted octanol–water partition coefficient (Wildman–Crippen LogP) is 5.60. The average Bonchev–Trinajstić information content (AvgIpc) is 2.52. The van der Waals surface area contributed by atoms with E-state index in [0.29, 0.717) is 23.9 Å².